The van der Waals surface area contributed by atoms with Gasteiger partial charge in [-0.2, -0.15) is 5.26 Å². The number of nitrogens with one attached hydrogen (secondary N) is 1. The van der Waals surface area contributed by atoms with Crippen molar-refractivity contribution in [1.82, 2.24) is 9.62 Å². The second-order valence-corrected chi connectivity index (χ2v) is 9.45. The molecule has 2 aromatic carbocycles. The summed E-state index contributed by atoms with van der Waals surface area (Å²) in [5, 5.41) is 30.2. The summed E-state index contributed by atoms with van der Waals surface area (Å²) in [5.41, 5.74) is 2.95. The van der Waals surface area contributed by atoms with Crippen LogP contribution in [0.3, 0.4) is 0 Å². The van der Waals surface area contributed by atoms with Crippen molar-refractivity contribution in [3.05, 3.63) is 59.2 Å². The van der Waals surface area contributed by atoms with Gasteiger partial charge in [0.1, 0.15) is 22.5 Å². The van der Waals surface area contributed by atoms with Gasteiger partial charge < -0.3 is 24.4 Å². The highest BCUT2D eigenvalue weighted by Gasteiger charge is 2.15. The van der Waals surface area contributed by atoms with E-state index in [1.54, 1.807) is 0 Å². The van der Waals surface area contributed by atoms with Crippen LogP contribution < -0.4 is 9.62 Å². The zero-order valence-corrected chi connectivity index (χ0v) is 22.3. The van der Waals surface area contributed by atoms with E-state index in [0.717, 1.165) is 54.8 Å². The zero-order chi connectivity index (χ0) is 26.1. The second-order valence-electron chi connectivity index (χ2n) is 8.55. The predicted octanol–water partition coefficient (Wildman–Crippen LogP) is 4.72. The van der Waals surface area contributed by atoms with Crippen LogP contribution in [-0.2, 0) is 0 Å². The Morgan fingerprint density at radius 2 is 1.78 bits per heavy atom. The number of nitriles is 1. The molecule has 7 nitrogen and oxygen atoms in total. The summed E-state index contributed by atoms with van der Waals surface area (Å²) in [4.78, 5) is 5.24. The van der Waals surface area contributed by atoms with Crippen molar-refractivity contribution in [2.24, 2.45) is 0 Å². The van der Waals surface area contributed by atoms with Crippen molar-refractivity contribution in [2.75, 3.05) is 51.3 Å². The van der Waals surface area contributed by atoms with E-state index in [4.69, 9.17) is 9.52 Å². The van der Waals surface area contributed by atoms with Crippen LogP contribution in [0.15, 0.2) is 57.9 Å². The fourth-order valence-corrected chi connectivity index (χ4v) is 4.63. The molecule has 36 heavy (non-hydrogen) atoms. The third-order valence-electron chi connectivity index (χ3n) is 6.10. The molecule has 2 heterocycles. The third-order valence-corrected chi connectivity index (χ3v) is 7.01. The molecule has 0 bridgehead atoms. The van der Waals surface area contributed by atoms with Crippen LogP contribution in [0.25, 0.3) is 27.7 Å². The van der Waals surface area contributed by atoms with E-state index < -0.39 is 6.10 Å². The van der Waals surface area contributed by atoms with Crippen molar-refractivity contribution >= 4 is 34.0 Å². The topological polar surface area (TPSA) is 95.9 Å². The summed E-state index contributed by atoms with van der Waals surface area (Å²) in [5.74, 6) is 1.36. The first-order chi connectivity index (χ1) is 17.5. The largest absolute Gasteiger partial charge is 0.456 e. The molecule has 0 aliphatic carbocycles. The lowest BCUT2D eigenvalue weighted by Crippen LogP contribution is -2.44. The van der Waals surface area contributed by atoms with Crippen molar-refractivity contribution < 1.29 is 14.6 Å². The number of piperazine rings is 1. The molecule has 0 spiro atoms. The maximum absolute atomic E-state index is 9.52. The summed E-state index contributed by atoms with van der Waals surface area (Å²) in [6, 6.07) is 18.9. The van der Waals surface area contributed by atoms with Gasteiger partial charge in [0.2, 0.25) is 0 Å². The molecule has 1 fully saturated rings. The number of aliphatic hydroxyl groups is 2. The van der Waals surface area contributed by atoms with Crippen LogP contribution in [0, 0.1) is 11.3 Å². The van der Waals surface area contributed by atoms with Gasteiger partial charge in [0, 0.05) is 49.5 Å². The summed E-state index contributed by atoms with van der Waals surface area (Å²) >= 11 is 1.12. The number of anilines is 1. The summed E-state index contributed by atoms with van der Waals surface area (Å²) in [6.45, 7) is 9.93. The van der Waals surface area contributed by atoms with Gasteiger partial charge in [-0.3, -0.25) is 4.72 Å². The molecule has 1 aromatic heterocycles. The fourth-order valence-electron chi connectivity index (χ4n) is 3.91. The van der Waals surface area contributed by atoms with Gasteiger partial charge in [-0.25, -0.2) is 0 Å². The lowest BCUT2D eigenvalue weighted by molar-refractivity contribution is 0.0994. The highest BCUT2D eigenvalue weighted by molar-refractivity contribution is 8.01. The molecule has 1 saturated heterocycles. The Hall–Kier alpha value is -2.80. The van der Waals surface area contributed by atoms with Gasteiger partial charge in [-0.15, -0.1) is 0 Å². The van der Waals surface area contributed by atoms with Crippen molar-refractivity contribution in [1.29, 1.82) is 5.26 Å². The number of hydrogen-bond acceptors (Lipinski definition) is 8. The van der Waals surface area contributed by atoms with E-state index in [2.05, 4.69) is 64.0 Å². The molecular formula is C28H36N4O3S. The summed E-state index contributed by atoms with van der Waals surface area (Å²) in [7, 11) is 2.16. The first-order valence-corrected chi connectivity index (χ1v) is 13.2. The van der Waals surface area contributed by atoms with E-state index in [-0.39, 0.29) is 13.2 Å². The normalized spacial score (nSPS) is 15.6. The molecular weight excluding hydrogens is 472 g/mol. The minimum absolute atomic E-state index is 0.177. The van der Waals surface area contributed by atoms with E-state index in [9.17, 15) is 10.4 Å². The van der Waals surface area contributed by atoms with Crippen molar-refractivity contribution in [3.63, 3.8) is 0 Å². The minimum atomic E-state index is -0.867. The highest BCUT2D eigenvalue weighted by atomic mass is 32.2. The number of benzene rings is 2. The molecule has 3 N–H and O–H groups in total. The van der Waals surface area contributed by atoms with E-state index in [0.29, 0.717) is 16.2 Å². The van der Waals surface area contributed by atoms with Crippen LogP contribution in [0.5, 0.6) is 0 Å². The lowest BCUT2D eigenvalue weighted by atomic mass is 10.0. The molecule has 4 rings (SSSR count). The zero-order valence-electron chi connectivity index (χ0n) is 21.5. The Labute approximate surface area is 218 Å². The number of furan rings is 1. The van der Waals surface area contributed by atoms with Gasteiger partial charge in [0.15, 0.2) is 0 Å². The first-order valence-electron chi connectivity index (χ1n) is 12.4. The predicted molar refractivity (Wildman–Crippen MR) is 150 cm³/mol. The fraction of sp³-hybridized carbons (Fsp3) is 0.393. The SMILES string of the molecule is C/C(=C(/C#N)SNCC(O)CO)c1ccc(-c2ccc3cc(N4CCN(C)CC4)ccc3c2)o1.CC. The lowest BCUT2D eigenvalue weighted by Gasteiger charge is -2.34. The number of fused-ring (bicyclic) bond motifs is 1. The smallest absolute Gasteiger partial charge is 0.134 e. The van der Waals surface area contributed by atoms with Crippen molar-refractivity contribution in [2.45, 2.75) is 26.9 Å². The van der Waals surface area contributed by atoms with E-state index in [1.807, 2.05) is 32.9 Å². The summed E-state index contributed by atoms with van der Waals surface area (Å²) in [6.07, 6.45) is -0.867. The molecule has 0 amide bonds. The molecule has 1 unspecified atom stereocenters. The van der Waals surface area contributed by atoms with Gasteiger partial charge in [0.25, 0.3) is 0 Å². The Kier molecular flexibility index (Phi) is 10.4. The monoisotopic (exact) mass is 508 g/mol. The van der Waals surface area contributed by atoms with Crippen LogP contribution in [-0.4, -0.2) is 67.6 Å². The molecule has 1 atom stereocenters. The Balaban J connectivity index is 0.00000176. The molecule has 0 saturated carbocycles. The number of allylic oxidation sites excluding steroid dienone is 2. The Morgan fingerprint density at radius 3 is 2.47 bits per heavy atom. The molecule has 0 radical (unpaired) electrons. The molecule has 8 heteroatoms. The molecule has 192 valence electrons. The number of likely N-dealkylation sites (N-methyl/N-ethyl adjacent to an activating group) is 1. The van der Waals surface area contributed by atoms with Crippen LogP contribution in [0.1, 0.15) is 26.5 Å². The number of hydrogen-bond donors (Lipinski definition) is 3. The van der Waals surface area contributed by atoms with E-state index >= 15 is 0 Å². The quantitative estimate of drug-likeness (QED) is 0.297. The average molecular weight is 509 g/mol. The number of aliphatic hydroxyl groups excluding tert-OH is 2. The van der Waals surface area contributed by atoms with E-state index in [1.165, 1.54) is 11.1 Å². The Bertz CT molecular complexity index is 1210. The van der Waals surface area contributed by atoms with Gasteiger partial charge >= 0.3 is 0 Å². The first kappa shape index (κ1) is 27.8. The standard InChI is InChI=1S/C26H30N4O3S.C2H6/c1-18(26(15-27)34-28-16-23(32)17-31)24-7-8-25(33-24)21-4-3-20-14-22(6-5-19(20)13-21)30-11-9-29(2)10-12-30;1-2/h3-8,13-14,23,28,31-32H,9-12,16-17H2,1-2H3;1-2H3/b26-18+;. The van der Waals surface area contributed by atoms with Gasteiger partial charge in [-0.05, 0) is 67.0 Å². The molecule has 3 aromatic rings. The Morgan fingerprint density at radius 1 is 1.08 bits per heavy atom. The maximum atomic E-state index is 9.52. The average Bonchev–Trinajstić information content (AvgIpc) is 3.42. The summed E-state index contributed by atoms with van der Waals surface area (Å²) < 4.78 is 8.99. The van der Waals surface area contributed by atoms with Crippen LogP contribution >= 0.6 is 11.9 Å². The highest BCUT2D eigenvalue weighted by Crippen LogP contribution is 2.32. The molecule has 1 aliphatic rings. The third kappa shape index (κ3) is 6.90. The maximum Gasteiger partial charge on any atom is 0.134 e. The van der Waals surface area contributed by atoms with Crippen LogP contribution in [0.4, 0.5) is 5.69 Å². The number of rotatable bonds is 8. The van der Waals surface area contributed by atoms with Gasteiger partial charge in [-0.1, -0.05) is 32.0 Å². The molecule has 1 aliphatic heterocycles. The van der Waals surface area contributed by atoms with Crippen molar-refractivity contribution in [3.8, 4) is 17.4 Å². The van der Waals surface area contributed by atoms with Gasteiger partial charge in [0.05, 0.1) is 12.7 Å². The number of nitrogens with zero attached hydrogens (tertiary/aromatic N) is 3. The van der Waals surface area contributed by atoms with Crippen LogP contribution in [0.2, 0.25) is 0 Å². The second kappa shape index (κ2) is 13.5. The minimum Gasteiger partial charge on any atom is -0.456 e.